The first-order chi connectivity index (χ1) is 13.6. The summed E-state index contributed by atoms with van der Waals surface area (Å²) in [4.78, 5) is 29.8. The summed E-state index contributed by atoms with van der Waals surface area (Å²) >= 11 is 0. The van der Waals surface area contributed by atoms with Crippen LogP contribution in [0.3, 0.4) is 0 Å². The molecule has 4 rings (SSSR count). The summed E-state index contributed by atoms with van der Waals surface area (Å²) in [5.41, 5.74) is 2.22. The number of hydrogen-bond acceptors (Lipinski definition) is 6. The van der Waals surface area contributed by atoms with Crippen molar-refractivity contribution in [1.82, 2.24) is 9.88 Å². The van der Waals surface area contributed by atoms with Crippen LogP contribution in [0.5, 0.6) is 0 Å². The molecule has 144 valence electrons. The van der Waals surface area contributed by atoms with Gasteiger partial charge in [-0.15, -0.1) is 0 Å². The van der Waals surface area contributed by atoms with E-state index in [4.69, 9.17) is 4.42 Å². The minimum atomic E-state index is -0.484. The first-order valence-electron chi connectivity index (χ1n) is 9.17. The van der Waals surface area contributed by atoms with E-state index in [1.54, 1.807) is 24.1 Å². The molecule has 0 atom stereocenters. The molecule has 8 nitrogen and oxygen atoms in total. The number of para-hydroxylation sites is 2. The zero-order valence-corrected chi connectivity index (χ0v) is 15.4. The first-order valence-corrected chi connectivity index (χ1v) is 9.17. The Balaban J connectivity index is 1.46. The smallest absolute Gasteiger partial charge is 0.293 e. The Morgan fingerprint density at radius 3 is 2.68 bits per heavy atom. The molecule has 3 aromatic rings. The Labute approximate surface area is 161 Å². The second-order valence-corrected chi connectivity index (χ2v) is 6.83. The maximum Gasteiger partial charge on any atom is 0.293 e. The fourth-order valence-corrected chi connectivity index (χ4v) is 3.60. The van der Waals surface area contributed by atoms with E-state index in [1.807, 2.05) is 24.3 Å². The number of hydrogen-bond donors (Lipinski definition) is 1. The van der Waals surface area contributed by atoms with Gasteiger partial charge in [0.25, 0.3) is 11.6 Å². The predicted molar refractivity (Wildman–Crippen MR) is 105 cm³/mol. The molecule has 2 aromatic carbocycles. The monoisotopic (exact) mass is 380 g/mol. The number of piperidine rings is 1. The third-order valence-corrected chi connectivity index (χ3v) is 5.15. The number of nitrogens with one attached hydrogen (secondary N) is 1. The lowest BCUT2D eigenvalue weighted by molar-refractivity contribution is -0.384. The van der Waals surface area contributed by atoms with Gasteiger partial charge in [-0.25, -0.2) is 4.98 Å². The lowest BCUT2D eigenvalue weighted by Gasteiger charge is -2.30. The number of carbonyl (C=O) groups is 1. The summed E-state index contributed by atoms with van der Waals surface area (Å²) < 4.78 is 5.86. The van der Waals surface area contributed by atoms with E-state index < -0.39 is 4.92 Å². The standard InChI is InChI=1S/C20H20N4O4/c1-21-15-7-6-14(12-17(15)24(26)27)20(25)23-10-8-13(9-11-23)19-22-16-4-2-3-5-18(16)28-19/h2-7,12-13,21H,8-11H2,1H3. The number of likely N-dealkylation sites (tertiary alicyclic amines) is 1. The van der Waals surface area contributed by atoms with Crippen molar-refractivity contribution >= 4 is 28.4 Å². The van der Waals surface area contributed by atoms with Gasteiger partial charge in [0.15, 0.2) is 11.5 Å². The van der Waals surface area contributed by atoms with Gasteiger partial charge >= 0.3 is 0 Å². The number of nitro groups is 1. The highest BCUT2D eigenvalue weighted by Crippen LogP contribution is 2.31. The van der Waals surface area contributed by atoms with Gasteiger partial charge in [-0.2, -0.15) is 0 Å². The van der Waals surface area contributed by atoms with Gasteiger partial charge in [0.1, 0.15) is 11.2 Å². The molecule has 8 heteroatoms. The predicted octanol–water partition coefficient (Wildman–Crippen LogP) is 3.80. The minimum absolute atomic E-state index is 0.102. The lowest BCUT2D eigenvalue weighted by Crippen LogP contribution is -2.38. The number of rotatable bonds is 4. The maximum atomic E-state index is 12.8. The molecule has 1 fully saturated rings. The highest BCUT2D eigenvalue weighted by molar-refractivity contribution is 5.95. The van der Waals surface area contributed by atoms with Crippen molar-refractivity contribution in [2.24, 2.45) is 0 Å². The van der Waals surface area contributed by atoms with Crippen LogP contribution in [0.4, 0.5) is 11.4 Å². The van der Waals surface area contributed by atoms with E-state index in [1.165, 1.54) is 6.07 Å². The molecule has 0 bridgehead atoms. The Hall–Kier alpha value is -3.42. The fourth-order valence-electron chi connectivity index (χ4n) is 3.60. The van der Waals surface area contributed by atoms with Gasteiger partial charge in [0, 0.05) is 37.7 Å². The van der Waals surface area contributed by atoms with Crippen molar-refractivity contribution in [3.63, 3.8) is 0 Å². The van der Waals surface area contributed by atoms with Crippen LogP contribution in [0.1, 0.15) is 35.0 Å². The Kier molecular flexibility index (Phi) is 4.68. The van der Waals surface area contributed by atoms with Crippen LogP contribution in [-0.2, 0) is 0 Å². The molecule has 0 aliphatic carbocycles. The highest BCUT2D eigenvalue weighted by Gasteiger charge is 2.28. The zero-order valence-electron chi connectivity index (χ0n) is 15.4. The van der Waals surface area contributed by atoms with E-state index >= 15 is 0 Å². The van der Waals surface area contributed by atoms with Gasteiger partial charge in [0.2, 0.25) is 0 Å². The van der Waals surface area contributed by atoms with E-state index in [9.17, 15) is 14.9 Å². The average Bonchev–Trinajstić information content (AvgIpc) is 3.17. The molecule has 28 heavy (non-hydrogen) atoms. The first kappa shape index (κ1) is 18.0. The quantitative estimate of drug-likeness (QED) is 0.546. The van der Waals surface area contributed by atoms with Crippen LogP contribution in [0.25, 0.3) is 11.1 Å². The van der Waals surface area contributed by atoms with Gasteiger partial charge in [-0.3, -0.25) is 14.9 Å². The molecular formula is C20H20N4O4. The number of benzene rings is 2. The molecule has 0 saturated carbocycles. The van der Waals surface area contributed by atoms with E-state index in [0.717, 1.165) is 23.9 Å². The van der Waals surface area contributed by atoms with Crippen molar-refractivity contribution < 1.29 is 14.1 Å². The van der Waals surface area contributed by atoms with Crippen molar-refractivity contribution in [3.8, 4) is 0 Å². The number of fused-ring (bicyclic) bond motifs is 1. The topological polar surface area (TPSA) is 102 Å². The van der Waals surface area contributed by atoms with E-state index in [2.05, 4.69) is 10.3 Å². The van der Waals surface area contributed by atoms with Gasteiger partial charge in [0.05, 0.1) is 4.92 Å². The molecule has 1 N–H and O–H groups in total. The summed E-state index contributed by atoms with van der Waals surface area (Å²) in [5, 5.41) is 14.0. The van der Waals surface area contributed by atoms with Gasteiger partial charge < -0.3 is 14.6 Å². The van der Waals surface area contributed by atoms with E-state index in [-0.39, 0.29) is 17.5 Å². The number of nitro benzene ring substituents is 1. The molecule has 0 radical (unpaired) electrons. The third-order valence-electron chi connectivity index (χ3n) is 5.15. The lowest BCUT2D eigenvalue weighted by atomic mass is 9.96. The molecule has 0 unspecified atom stereocenters. The minimum Gasteiger partial charge on any atom is -0.440 e. The SMILES string of the molecule is CNc1ccc(C(=O)N2CCC(c3nc4ccccc4o3)CC2)cc1[N+](=O)[O-]. The summed E-state index contributed by atoms with van der Waals surface area (Å²) in [7, 11) is 1.61. The maximum absolute atomic E-state index is 12.8. The summed E-state index contributed by atoms with van der Waals surface area (Å²) in [6.45, 7) is 1.12. The molecule has 1 aromatic heterocycles. The van der Waals surface area contributed by atoms with Crippen LogP contribution in [-0.4, -0.2) is 40.9 Å². The second-order valence-electron chi connectivity index (χ2n) is 6.83. The van der Waals surface area contributed by atoms with Crippen LogP contribution in [0.2, 0.25) is 0 Å². The number of anilines is 1. The molecule has 0 spiro atoms. The normalized spacial score (nSPS) is 15.0. The van der Waals surface area contributed by atoms with Gasteiger partial charge in [-0.05, 0) is 37.1 Å². The summed E-state index contributed by atoms with van der Waals surface area (Å²) in [6, 6.07) is 12.2. The van der Waals surface area contributed by atoms with Crippen molar-refractivity contribution in [3.05, 3.63) is 64.0 Å². The number of aromatic nitrogens is 1. The number of carbonyl (C=O) groups excluding carboxylic acids is 1. The molecular weight excluding hydrogens is 360 g/mol. The molecule has 2 heterocycles. The Morgan fingerprint density at radius 1 is 1.25 bits per heavy atom. The fraction of sp³-hybridized carbons (Fsp3) is 0.300. The van der Waals surface area contributed by atoms with Crippen molar-refractivity contribution in [1.29, 1.82) is 0 Å². The van der Waals surface area contributed by atoms with Crippen molar-refractivity contribution in [2.45, 2.75) is 18.8 Å². The Morgan fingerprint density at radius 2 is 2.00 bits per heavy atom. The molecule has 1 amide bonds. The largest absolute Gasteiger partial charge is 0.440 e. The molecule has 1 saturated heterocycles. The molecule has 1 aliphatic heterocycles. The van der Waals surface area contributed by atoms with Crippen LogP contribution >= 0.6 is 0 Å². The number of oxazole rings is 1. The number of nitrogens with zero attached hydrogens (tertiary/aromatic N) is 3. The molecule has 1 aliphatic rings. The van der Waals surface area contributed by atoms with E-state index in [0.29, 0.717) is 30.2 Å². The van der Waals surface area contributed by atoms with Crippen molar-refractivity contribution in [2.75, 3.05) is 25.5 Å². The summed E-state index contributed by atoms with van der Waals surface area (Å²) in [5.74, 6) is 0.682. The third kappa shape index (κ3) is 3.28. The zero-order chi connectivity index (χ0) is 19.7. The highest BCUT2D eigenvalue weighted by atomic mass is 16.6. The van der Waals surface area contributed by atoms with Crippen LogP contribution in [0, 0.1) is 10.1 Å². The van der Waals surface area contributed by atoms with Gasteiger partial charge in [-0.1, -0.05) is 12.1 Å². The average molecular weight is 380 g/mol. The van der Waals surface area contributed by atoms with Crippen LogP contribution in [0.15, 0.2) is 46.9 Å². The van der Waals surface area contributed by atoms with Crippen LogP contribution < -0.4 is 5.32 Å². The number of amides is 1. The second kappa shape index (κ2) is 7.30. The summed E-state index contributed by atoms with van der Waals surface area (Å²) in [6.07, 6.45) is 1.49. The Bertz CT molecular complexity index is 1000.